The first-order valence-electron chi connectivity index (χ1n) is 16.5. The number of aryl methyl sites for hydroxylation is 2. The number of fused-ring (bicyclic) bond motifs is 2. The van der Waals surface area contributed by atoms with E-state index in [1.54, 1.807) is 18.2 Å². The highest BCUT2D eigenvalue weighted by molar-refractivity contribution is 5.91. The summed E-state index contributed by atoms with van der Waals surface area (Å²) in [4.78, 5) is 36.2. The van der Waals surface area contributed by atoms with Crippen molar-refractivity contribution in [3.8, 4) is 11.5 Å². The molecule has 0 aliphatic heterocycles. The summed E-state index contributed by atoms with van der Waals surface area (Å²) in [7, 11) is 0. The van der Waals surface area contributed by atoms with Crippen molar-refractivity contribution in [3.63, 3.8) is 0 Å². The van der Waals surface area contributed by atoms with Gasteiger partial charge in [-0.25, -0.2) is 4.79 Å². The number of aromatic amines is 1. The lowest BCUT2D eigenvalue weighted by atomic mass is 9.97. The second-order valence-corrected chi connectivity index (χ2v) is 12.1. The molecule has 9 heteroatoms. The smallest absolute Gasteiger partial charge is 0.339 e. The molecule has 1 atom stereocenters. The Morgan fingerprint density at radius 1 is 0.878 bits per heavy atom. The van der Waals surface area contributed by atoms with E-state index in [4.69, 9.17) is 9.84 Å². The van der Waals surface area contributed by atoms with Gasteiger partial charge < -0.3 is 30.0 Å². The topological polar surface area (TPSA) is 138 Å². The number of aromatic carboxylic acids is 1. The van der Waals surface area contributed by atoms with Crippen molar-refractivity contribution >= 4 is 22.8 Å². The Labute approximate surface area is 285 Å². The van der Waals surface area contributed by atoms with Gasteiger partial charge >= 0.3 is 11.9 Å². The van der Waals surface area contributed by atoms with E-state index < -0.39 is 18.0 Å². The third-order valence-electron chi connectivity index (χ3n) is 8.67. The van der Waals surface area contributed by atoms with Crippen LogP contribution in [0.1, 0.15) is 70.6 Å². The third-order valence-corrected chi connectivity index (χ3v) is 8.67. The number of hydrogen-bond acceptors (Lipinski definition) is 7. The van der Waals surface area contributed by atoms with Crippen LogP contribution in [0.15, 0.2) is 95.8 Å². The van der Waals surface area contributed by atoms with E-state index in [0.29, 0.717) is 30.5 Å². The van der Waals surface area contributed by atoms with Crippen LogP contribution in [-0.2, 0) is 37.1 Å². The fraction of sp³-hybridized carbons (Fsp3) is 0.275. The standard InChI is InChI=1S/C31H34N2O3.C9H8O4/c1-3-21-14-23-16-25(17-24(23)15-22(21)4-2)32-18-28(34)26-10-12-29(31-27(26)11-13-30(35)33-31)36-19-20-8-6-5-7-9-20;1-6(10)13-8-5-3-2-4-7(8)9(11)12/h5-15,25,28,32,34H,3-4,16-19H2,1-2H3,(H,33,35);2-5H,1H3,(H,11,12)/t28-;/m0./s1. The van der Waals surface area contributed by atoms with Crippen LogP contribution in [-0.4, -0.2) is 39.7 Å². The van der Waals surface area contributed by atoms with Crippen LogP contribution in [0, 0.1) is 0 Å². The summed E-state index contributed by atoms with van der Waals surface area (Å²) in [5.41, 5.74) is 7.99. The summed E-state index contributed by atoms with van der Waals surface area (Å²) in [6.07, 6.45) is 3.39. The van der Waals surface area contributed by atoms with Crippen molar-refractivity contribution in [1.29, 1.82) is 0 Å². The van der Waals surface area contributed by atoms with Crippen LogP contribution in [0.2, 0.25) is 0 Å². The van der Waals surface area contributed by atoms with Gasteiger partial charge in [0, 0.05) is 31.0 Å². The van der Waals surface area contributed by atoms with Crippen LogP contribution < -0.4 is 20.3 Å². The van der Waals surface area contributed by atoms with E-state index in [0.717, 1.165) is 42.2 Å². The predicted octanol–water partition coefficient (Wildman–Crippen LogP) is 6.33. The SMILES string of the molecule is CC(=O)Oc1ccccc1C(=O)O.CCc1cc2c(cc1CC)CC(NC[C@H](O)c1ccc(OCc3ccccc3)c3[nH]c(=O)ccc13)C2. The number of esters is 1. The highest BCUT2D eigenvalue weighted by Gasteiger charge is 2.24. The van der Waals surface area contributed by atoms with Crippen molar-refractivity contribution in [3.05, 3.63) is 140 Å². The Hall–Kier alpha value is -5.25. The number of para-hydroxylation sites is 1. The van der Waals surface area contributed by atoms with E-state index in [-0.39, 0.29) is 16.9 Å². The molecule has 6 rings (SSSR count). The quantitative estimate of drug-likeness (QED) is 0.0951. The number of nitrogens with one attached hydrogen (secondary N) is 2. The Bertz CT molecular complexity index is 1950. The van der Waals surface area contributed by atoms with E-state index in [1.807, 2.05) is 42.5 Å². The molecule has 0 radical (unpaired) electrons. The number of rotatable bonds is 11. The molecule has 4 aromatic carbocycles. The van der Waals surface area contributed by atoms with Crippen LogP contribution in [0.3, 0.4) is 0 Å². The molecule has 1 aliphatic carbocycles. The molecule has 1 heterocycles. The number of ether oxygens (including phenoxy) is 2. The number of carboxylic acid groups (broad SMARTS) is 1. The third kappa shape index (κ3) is 8.81. The molecule has 49 heavy (non-hydrogen) atoms. The lowest BCUT2D eigenvalue weighted by molar-refractivity contribution is -0.131. The summed E-state index contributed by atoms with van der Waals surface area (Å²) in [5.74, 6) is -0.979. The molecule has 0 unspecified atom stereocenters. The minimum absolute atomic E-state index is 0.0160. The molecule has 0 fully saturated rings. The number of H-pyrrole nitrogens is 1. The maximum Gasteiger partial charge on any atom is 0.339 e. The normalized spacial score (nSPS) is 12.9. The number of hydrogen-bond donors (Lipinski definition) is 4. The Balaban J connectivity index is 0.000000304. The maximum absolute atomic E-state index is 12.1. The lowest BCUT2D eigenvalue weighted by Crippen LogP contribution is -2.33. The maximum atomic E-state index is 12.1. The molecule has 1 aliphatic rings. The summed E-state index contributed by atoms with van der Waals surface area (Å²) in [5, 5.41) is 24.2. The molecule has 9 nitrogen and oxygen atoms in total. The number of aliphatic hydroxyl groups excluding tert-OH is 1. The molecular formula is C40H42N2O7. The highest BCUT2D eigenvalue weighted by atomic mass is 16.5. The van der Waals surface area contributed by atoms with Crippen molar-refractivity contribution in [1.82, 2.24) is 10.3 Å². The lowest BCUT2D eigenvalue weighted by Gasteiger charge is -2.19. The van der Waals surface area contributed by atoms with Crippen molar-refractivity contribution in [2.45, 2.75) is 65.2 Å². The molecule has 0 saturated carbocycles. The monoisotopic (exact) mass is 662 g/mol. The first-order chi connectivity index (χ1) is 23.7. The summed E-state index contributed by atoms with van der Waals surface area (Å²) >= 11 is 0. The molecular weight excluding hydrogens is 620 g/mol. The molecule has 254 valence electrons. The molecule has 0 bridgehead atoms. The second-order valence-electron chi connectivity index (χ2n) is 12.1. The summed E-state index contributed by atoms with van der Waals surface area (Å²) < 4.78 is 10.7. The number of aromatic nitrogens is 1. The van der Waals surface area contributed by atoms with Crippen LogP contribution in [0.25, 0.3) is 10.9 Å². The molecule has 4 N–H and O–H groups in total. The molecule has 0 spiro atoms. The minimum Gasteiger partial charge on any atom is -0.487 e. The fourth-order valence-electron chi connectivity index (χ4n) is 6.25. The van der Waals surface area contributed by atoms with Crippen molar-refractivity contribution in [2.75, 3.05) is 6.54 Å². The van der Waals surface area contributed by atoms with Gasteiger partial charge in [-0.2, -0.15) is 0 Å². The first kappa shape index (κ1) is 35.1. The number of benzene rings is 4. The average molecular weight is 663 g/mol. The van der Waals surface area contributed by atoms with Gasteiger partial charge in [0.25, 0.3) is 0 Å². The van der Waals surface area contributed by atoms with Gasteiger partial charge in [-0.15, -0.1) is 0 Å². The van der Waals surface area contributed by atoms with E-state index in [1.165, 1.54) is 47.4 Å². The number of pyridine rings is 1. The average Bonchev–Trinajstić information content (AvgIpc) is 3.51. The van der Waals surface area contributed by atoms with E-state index >= 15 is 0 Å². The Morgan fingerprint density at radius 3 is 2.16 bits per heavy atom. The summed E-state index contributed by atoms with van der Waals surface area (Å²) in [6.45, 7) is 6.50. The zero-order valence-corrected chi connectivity index (χ0v) is 28.0. The highest BCUT2D eigenvalue weighted by Crippen LogP contribution is 2.31. The van der Waals surface area contributed by atoms with Gasteiger partial charge in [-0.1, -0.05) is 74.5 Å². The van der Waals surface area contributed by atoms with Crippen LogP contribution >= 0.6 is 0 Å². The number of carbonyl (C=O) groups is 2. The van der Waals surface area contributed by atoms with Crippen LogP contribution in [0.4, 0.5) is 0 Å². The number of carboxylic acids is 1. The number of carbonyl (C=O) groups excluding carboxylic acids is 1. The van der Waals surface area contributed by atoms with Crippen molar-refractivity contribution in [2.24, 2.45) is 0 Å². The minimum atomic E-state index is -1.11. The predicted molar refractivity (Wildman–Crippen MR) is 189 cm³/mol. The molecule has 0 amide bonds. The Kier molecular flexibility index (Phi) is 11.6. The summed E-state index contributed by atoms with van der Waals surface area (Å²) in [6, 6.07) is 28.0. The van der Waals surface area contributed by atoms with Gasteiger partial charge in [0.05, 0.1) is 11.6 Å². The van der Waals surface area contributed by atoms with Crippen LogP contribution in [0.5, 0.6) is 11.5 Å². The van der Waals surface area contributed by atoms with E-state index in [2.05, 4.69) is 41.0 Å². The largest absolute Gasteiger partial charge is 0.487 e. The van der Waals surface area contributed by atoms with Crippen molar-refractivity contribution < 1.29 is 29.3 Å². The zero-order valence-electron chi connectivity index (χ0n) is 28.0. The van der Waals surface area contributed by atoms with Gasteiger partial charge in [0.1, 0.15) is 23.7 Å². The second kappa shape index (κ2) is 16.2. The molecule has 0 saturated heterocycles. The van der Waals surface area contributed by atoms with Gasteiger partial charge in [0.2, 0.25) is 5.56 Å². The Morgan fingerprint density at radius 2 is 1.53 bits per heavy atom. The molecule has 1 aromatic heterocycles. The zero-order chi connectivity index (χ0) is 34.9. The molecule has 5 aromatic rings. The van der Waals surface area contributed by atoms with Gasteiger partial charge in [-0.3, -0.25) is 9.59 Å². The number of aliphatic hydroxyl groups is 1. The fourth-order valence-corrected chi connectivity index (χ4v) is 6.25. The van der Waals surface area contributed by atoms with Gasteiger partial charge in [-0.05, 0) is 83.3 Å². The van der Waals surface area contributed by atoms with Gasteiger partial charge in [0.15, 0.2) is 0 Å². The first-order valence-corrected chi connectivity index (χ1v) is 16.5. The van der Waals surface area contributed by atoms with E-state index in [9.17, 15) is 19.5 Å².